The summed E-state index contributed by atoms with van der Waals surface area (Å²) in [5.41, 5.74) is 0. The lowest BCUT2D eigenvalue weighted by molar-refractivity contribution is 0.0923. The molecule has 0 saturated carbocycles. The topological polar surface area (TPSA) is 70.7 Å². The van der Waals surface area contributed by atoms with Gasteiger partial charge in [-0.25, -0.2) is 4.98 Å². The molecule has 2 N–H and O–H groups in total. The number of carbonyl (C=O) groups excluding carboxylic acids is 1. The van der Waals surface area contributed by atoms with Crippen LogP contribution in [0.15, 0.2) is 0 Å². The summed E-state index contributed by atoms with van der Waals surface area (Å²) in [6.45, 7) is 6.14. The molecule has 1 amide bonds. The van der Waals surface area contributed by atoms with Gasteiger partial charge < -0.3 is 5.32 Å². The van der Waals surface area contributed by atoms with Gasteiger partial charge in [-0.05, 0) is 12.8 Å². The van der Waals surface area contributed by atoms with Crippen molar-refractivity contribution in [2.24, 2.45) is 0 Å². The molecule has 1 heterocycles. The summed E-state index contributed by atoms with van der Waals surface area (Å²) in [5.74, 6) is 0.802. The summed E-state index contributed by atoms with van der Waals surface area (Å²) < 4.78 is 0. The number of rotatable bonds is 6. The highest BCUT2D eigenvalue weighted by Crippen LogP contribution is 2.02. The highest BCUT2D eigenvalue weighted by atomic mass is 16.2. The van der Waals surface area contributed by atoms with Crippen molar-refractivity contribution in [3.8, 4) is 0 Å². The van der Waals surface area contributed by atoms with Crippen molar-refractivity contribution in [3.63, 3.8) is 0 Å². The molecule has 90 valence electrons. The van der Waals surface area contributed by atoms with Crippen LogP contribution >= 0.6 is 0 Å². The number of hydrogen-bond donors (Lipinski definition) is 2. The van der Waals surface area contributed by atoms with Gasteiger partial charge in [-0.3, -0.25) is 9.89 Å². The second-order valence-electron chi connectivity index (χ2n) is 3.83. The van der Waals surface area contributed by atoms with E-state index in [2.05, 4.69) is 34.3 Å². The van der Waals surface area contributed by atoms with Gasteiger partial charge in [-0.15, -0.1) is 5.10 Å². The number of nitrogens with zero attached hydrogens (tertiary/aromatic N) is 2. The van der Waals surface area contributed by atoms with Crippen molar-refractivity contribution >= 4 is 5.91 Å². The molecule has 16 heavy (non-hydrogen) atoms. The zero-order valence-corrected chi connectivity index (χ0v) is 10.2. The molecule has 0 spiro atoms. The van der Waals surface area contributed by atoms with Gasteiger partial charge in [-0.1, -0.05) is 27.2 Å². The minimum atomic E-state index is -0.184. The van der Waals surface area contributed by atoms with Gasteiger partial charge in [0.05, 0.1) is 0 Å². The standard InChI is InChI=1S/C11H20N4O/c1-4-7-8(5-2)12-11(16)10-13-9(6-3)14-15-10/h8H,4-7H2,1-3H3,(H,12,16)(H,13,14,15). The fraction of sp³-hybridized carbons (Fsp3) is 0.727. The molecule has 0 aliphatic carbocycles. The second-order valence-corrected chi connectivity index (χ2v) is 3.83. The summed E-state index contributed by atoms with van der Waals surface area (Å²) in [6, 6.07) is 0.223. The molecule has 0 aliphatic rings. The van der Waals surface area contributed by atoms with Gasteiger partial charge in [0.15, 0.2) is 0 Å². The third-order valence-electron chi connectivity index (χ3n) is 2.53. The van der Waals surface area contributed by atoms with Gasteiger partial charge in [-0.2, -0.15) is 0 Å². The molecule has 1 atom stereocenters. The van der Waals surface area contributed by atoms with Crippen LogP contribution in [-0.2, 0) is 6.42 Å². The highest BCUT2D eigenvalue weighted by Gasteiger charge is 2.15. The van der Waals surface area contributed by atoms with Crippen LogP contribution < -0.4 is 5.32 Å². The summed E-state index contributed by atoms with van der Waals surface area (Å²) in [7, 11) is 0. The molecule has 0 aromatic carbocycles. The summed E-state index contributed by atoms with van der Waals surface area (Å²) in [6.07, 6.45) is 3.75. The highest BCUT2D eigenvalue weighted by molar-refractivity contribution is 5.90. The van der Waals surface area contributed by atoms with E-state index in [9.17, 15) is 4.79 Å². The van der Waals surface area contributed by atoms with Crippen LogP contribution in [0.5, 0.6) is 0 Å². The molecule has 0 saturated heterocycles. The van der Waals surface area contributed by atoms with Crippen LogP contribution in [0, 0.1) is 0 Å². The van der Waals surface area contributed by atoms with Gasteiger partial charge >= 0.3 is 0 Å². The lowest BCUT2D eigenvalue weighted by Gasteiger charge is -2.14. The van der Waals surface area contributed by atoms with Gasteiger partial charge in [0, 0.05) is 12.5 Å². The number of aryl methyl sites for hydroxylation is 1. The van der Waals surface area contributed by atoms with Crippen molar-refractivity contribution < 1.29 is 4.79 Å². The maximum atomic E-state index is 11.8. The Hall–Kier alpha value is -1.39. The SMILES string of the molecule is CCCC(CC)NC(=O)c1n[nH]c(CC)n1. The average Bonchev–Trinajstić information content (AvgIpc) is 2.76. The Morgan fingerprint density at radius 2 is 2.19 bits per heavy atom. The third kappa shape index (κ3) is 3.32. The Labute approximate surface area is 96.0 Å². The molecular weight excluding hydrogens is 204 g/mol. The van der Waals surface area contributed by atoms with Crippen LogP contribution in [0.25, 0.3) is 0 Å². The summed E-state index contributed by atoms with van der Waals surface area (Å²) in [5, 5.41) is 9.56. The number of H-pyrrole nitrogens is 1. The smallest absolute Gasteiger partial charge is 0.291 e. The Morgan fingerprint density at radius 1 is 1.44 bits per heavy atom. The van der Waals surface area contributed by atoms with E-state index in [1.807, 2.05) is 6.92 Å². The van der Waals surface area contributed by atoms with E-state index in [-0.39, 0.29) is 17.8 Å². The first kappa shape index (κ1) is 12.7. The van der Waals surface area contributed by atoms with Crippen LogP contribution in [0.4, 0.5) is 0 Å². The minimum Gasteiger partial charge on any atom is -0.347 e. The van der Waals surface area contributed by atoms with Crippen molar-refractivity contribution in [2.45, 2.75) is 52.5 Å². The first-order valence-electron chi connectivity index (χ1n) is 5.93. The molecule has 0 bridgehead atoms. The third-order valence-corrected chi connectivity index (χ3v) is 2.53. The molecule has 1 aromatic rings. The molecular formula is C11H20N4O. The summed E-state index contributed by atoms with van der Waals surface area (Å²) >= 11 is 0. The minimum absolute atomic E-state index is 0.184. The molecule has 1 aromatic heterocycles. The Bertz CT molecular complexity index is 334. The maximum Gasteiger partial charge on any atom is 0.291 e. The van der Waals surface area contributed by atoms with Crippen LogP contribution in [0.3, 0.4) is 0 Å². The fourth-order valence-electron chi connectivity index (χ4n) is 1.53. The predicted molar refractivity (Wildman–Crippen MR) is 62.2 cm³/mol. The van der Waals surface area contributed by atoms with E-state index in [4.69, 9.17) is 0 Å². The van der Waals surface area contributed by atoms with Crippen molar-refractivity contribution in [1.29, 1.82) is 0 Å². The van der Waals surface area contributed by atoms with Crippen LogP contribution in [-0.4, -0.2) is 27.1 Å². The fourth-order valence-corrected chi connectivity index (χ4v) is 1.53. The van der Waals surface area contributed by atoms with E-state index in [1.54, 1.807) is 0 Å². The molecule has 0 aliphatic heterocycles. The normalized spacial score (nSPS) is 12.4. The van der Waals surface area contributed by atoms with E-state index in [0.717, 1.165) is 31.5 Å². The zero-order valence-electron chi connectivity index (χ0n) is 10.2. The number of aromatic amines is 1. The molecule has 1 rings (SSSR count). The first-order chi connectivity index (χ1) is 7.71. The zero-order chi connectivity index (χ0) is 12.0. The lowest BCUT2D eigenvalue weighted by atomic mass is 10.1. The summed E-state index contributed by atoms with van der Waals surface area (Å²) in [4.78, 5) is 15.9. The van der Waals surface area contributed by atoms with Crippen LogP contribution in [0.2, 0.25) is 0 Å². The Morgan fingerprint density at radius 3 is 2.69 bits per heavy atom. The van der Waals surface area contributed by atoms with E-state index in [0.29, 0.717) is 0 Å². The Kier molecular flexibility index (Phi) is 4.95. The molecule has 0 radical (unpaired) electrons. The van der Waals surface area contributed by atoms with E-state index in [1.165, 1.54) is 0 Å². The van der Waals surface area contributed by atoms with Crippen molar-refractivity contribution in [1.82, 2.24) is 20.5 Å². The van der Waals surface area contributed by atoms with Crippen molar-refractivity contribution in [3.05, 3.63) is 11.6 Å². The van der Waals surface area contributed by atoms with Gasteiger partial charge in [0.25, 0.3) is 5.91 Å². The van der Waals surface area contributed by atoms with E-state index >= 15 is 0 Å². The van der Waals surface area contributed by atoms with Gasteiger partial charge in [0.2, 0.25) is 5.82 Å². The lowest BCUT2D eigenvalue weighted by Crippen LogP contribution is -2.34. The molecule has 0 fully saturated rings. The molecule has 5 heteroatoms. The van der Waals surface area contributed by atoms with Crippen LogP contribution in [0.1, 0.15) is 56.5 Å². The molecule has 1 unspecified atom stereocenters. The average molecular weight is 224 g/mol. The number of aromatic nitrogens is 3. The second kappa shape index (κ2) is 6.25. The van der Waals surface area contributed by atoms with E-state index < -0.39 is 0 Å². The largest absolute Gasteiger partial charge is 0.347 e. The number of carbonyl (C=O) groups is 1. The predicted octanol–water partition coefficient (Wildman–Crippen LogP) is 1.68. The maximum absolute atomic E-state index is 11.8. The quantitative estimate of drug-likeness (QED) is 0.772. The number of amides is 1. The number of nitrogens with one attached hydrogen (secondary N) is 2. The molecule has 5 nitrogen and oxygen atoms in total. The van der Waals surface area contributed by atoms with Gasteiger partial charge in [0.1, 0.15) is 5.82 Å². The first-order valence-corrected chi connectivity index (χ1v) is 5.93. The number of hydrogen-bond acceptors (Lipinski definition) is 3. The Balaban J connectivity index is 2.56. The van der Waals surface area contributed by atoms with Crippen molar-refractivity contribution in [2.75, 3.05) is 0 Å². The monoisotopic (exact) mass is 224 g/mol.